The van der Waals surface area contributed by atoms with Gasteiger partial charge in [-0.05, 0) is 51.9 Å². The number of hydrogen-bond acceptors (Lipinski definition) is 2. The number of fused-ring (bicyclic) bond motifs is 6. The standard InChI is InChI=1S/C25H18BrN3/c1-25(2)21-13-16(7-9-19(21)20-10-8-17(26)14-22(20)25)23-27-28-24-18-6-4-3-5-15(18)11-12-29(23)24/h3-14H,1-2H3. The second kappa shape index (κ2) is 5.77. The van der Waals surface area contributed by atoms with Gasteiger partial charge in [-0.2, -0.15) is 0 Å². The molecule has 29 heavy (non-hydrogen) atoms. The van der Waals surface area contributed by atoms with Gasteiger partial charge in [0.2, 0.25) is 0 Å². The molecule has 0 bridgehead atoms. The van der Waals surface area contributed by atoms with Gasteiger partial charge in [0, 0.05) is 27.0 Å². The van der Waals surface area contributed by atoms with Crippen LogP contribution in [-0.2, 0) is 5.41 Å². The van der Waals surface area contributed by atoms with Gasteiger partial charge < -0.3 is 0 Å². The molecule has 0 spiro atoms. The molecule has 6 rings (SSSR count). The summed E-state index contributed by atoms with van der Waals surface area (Å²) in [6.45, 7) is 4.59. The number of pyridine rings is 1. The van der Waals surface area contributed by atoms with Gasteiger partial charge in [0.15, 0.2) is 11.5 Å². The van der Waals surface area contributed by atoms with E-state index < -0.39 is 0 Å². The fourth-order valence-electron chi connectivity index (χ4n) is 4.66. The molecule has 0 unspecified atom stereocenters. The van der Waals surface area contributed by atoms with Crippen LogP contribution in [0.1, 0.15) is 25.0 Å². The minimum atomic E-state index is -0.0579. The highest BCUT2D eigenvalue weighted by Crippen LogP contribution is 2.50. The van der Waals surface area contributed by atoms with Gasteiger partial charge in [0.05, 0.1) is 0 Å². The Morgan fingerprint density at radius 2 is 1.59 bits per heavy atom. The maximum Gasteiger partial charge on any atom is 0.168 e. The summed E-state index contributed by atoms with van der Waals surface area (Å²) in [6.07, 6.45) is 2.07. The predicted molar refractivity (Wildman–Crippen MR) is 121 cm³/mol. The zero-order valence-corrected chi connectivity index (χ0v) is 17.7. The van der Waals surface area contributed by atoms with Crippen molar-refractivity contribution in [3.05, 3.63) is 88.5 Å². The Morgan fingerprint density at radius 1 is 0.828 bits per heavy atom. The quantitative estimate of drug-likeness (QED) is 0.293. The van der Waals surface area contributed by atoms with Crippen LogP contribution < -0.4 is 0 Å². The second-order valence-electron chi connectivity index (χ2n) is 8.20. The summed E-state index contributed by atoms with van der Waals surface area (Å²) in [5, 5.41) is 11.4. The monoisotopic (exact) mass is 439 g/mol. The molecule has 0 fully saturated rings. The van der Waals surface area contributed by atoms with E-state index in [2.05, 4.69) is 111 Å². The summed E-state index contributed by atoms with van der Waals surface area (Å²) in [6, 6.07) is 23.7. The minimum absolute atomic E-state index is 0.0579. The number of rotatable bonds is 1. The van der Waals surface area contributed by atoms with Crippen molar-refractivity contribution in [1.29, 1.82) is 0 Å². The van der Waals surface area contributed by atoms with E-state index in [-0.39, 0.29) is 5.41 Å². The third kappa shape index (κ3) is 2.29. The molecule has 3 nitrogen and oxygen atoms in total. The topological polar surface area (TPSA) is 30.2 Å². The normalized spacial score (nSPS) is 14.3. The van der Waals surface area contributed by atoms with E-state index in [1.54, 1.807) is 0 Å². The highest BCUT2D eigenvalue weighted by molar-refractivity contribution is 9.10. The Labute approximate surface area is 177 Å². The maximum atomic E-state index is 4.56. The molecule has 0 saturated heterocycles. The van der Waals surface area contributed by atoms with Crippen LogP contribution in [-0.4, -0.2) is 14.6 Å². The first-order valence-electron chi connectivity index (χ1n) is 9.72. The van der Waals surface area contributed by atoms with Crippen LogP contribution in [0.2, 0.25) is 0 Å². The lowest BCUT2D eigenvalue weighted by atomic mass is 9.82. The Morgan fingerprint density at radius 3 is 2.45 bits per heavy atom. The molecule has 0 radical (unpaired) electrons. The summed E-state index contributed by atoms with van der Waals surface area (Å²) in [4.78, 5) is 0. The molecule has 2 aromatic heterocycles. The maximum absolute atomic E-state index is 4.56. The van der Waals surface area contributed by atoms with E-state index in [1.165, 1.54) is 27.6 Å². The first-order valence-corrected chi connectivity index (χ1v) is 10.5. The largest absolute Gasteiger partial charge is 0.282 e. The van der Waals surface area contributed by atoms with Gasteiger partial charge in [-0.25, -0.2) is 0 Å². The van der Waals surface area contributed by atoms with Crippen LogP contribution in [0.4, 0.5) is 0 Å². The van der Waals surface area contributed by atoms with Gasteiger partial charge in [-0.1, -0.05) is 72.2 Å². The van der Waals surface area contributed by atoms with Crippen molar-refractivity contribution in [2.75, 3.05) is 0 Å². The van der Waals surface area contributed by atoms with Crippen molar-refractivity contribution in [1.82, 2.24) is 14.6 Å². The zero-order chi connectivity index (χ0) is 19.8. The van der Waals surface area contributed by atoms with Gasteiger partial charge >= 0.3 is 0 Å². The highest BCUT2D eigenvalue weighted by atomic mass is 79.9. The van der Waals surface area contributed by atoms with E-state index in [9.17, 15) is 0 Å². The molecule has 3 aromatic carbocycles. The lowest BCUT2D eigenvalue weighted by Crippen LogP contribution is -2.15. The summed E-state index contributed by atoms with van der Waals surface area (Å²) in [7, 11) is 0. The van der Waals surface area contributed by atoms with E-state index in [0.29, 0.717) is 0 Å². The molecular weight excluding hydrogens is 422 g/mol. The molecule has 0 aliphatic heterocycles. The lowest BCUT2D eigenvalue weighted by molar-refractivity contribution is 0.660. The number of hydrogen-bond donors (Lipinski definition) is 0. The third-order valence-electron chi connectivity index (χ3n) is 6.20. The molecule has 2 heterocycles. The summed E-state index contributed by atoms with van der Waals surface area (Å²) >= 11 is 3.63. The molecule has 140 valence electrons. The van der Waals surface area contributed by atoms with Crippen LogP contribution in [0.5, 0.6) is 0 Å². The average molecular weight is 440 g/mol. The van der Waals surface area contributed by atoms with Gasteiger partial charge in [0.25, 0.3) is 0 Å². The van der Waals surface area contributed by atoms with Crippen molar-refractivity contribution < 1.29 is 0 Å². The Bertz CT molecular complexity index is 1450. The molecule has 4 heteroatoms. The predicted octanol–water partition coefficient (Wildman–Crippen LogP) is 6.62. The summed E-state index contributed by atoms with van der Waals surface area (Å²) < 4.78 is 3.21. The van der Waals surface area contributed by atoms with E-state index in [1.807, 2.05) is 6.07 Å². The molecule has 0 atom stereocenters. The van der Waals surface area contributed by atoms with Crippen LogP contribution in [0.25, 0.3) is 38.9 Å². The number of nitrogens with zero attached hydrogens (tertiary/aromatic N) is 3. The van der Waals surface area contributed by atoms with E-state index in [4.69, 9.17) is 0 Å². The minimum Gasteiger partial charge on any atom is -0.282 e. The number of aromatic nitrogens is 3. The van der Waals surface area contributed by atoms with Crippen molar-refractivity contribution >= 4 is 32.3 Å². The molecule has 0 N–H and O–H groups in total. The number of halogens is 1. The Hall–Kier alpha value is -2.98. The Balaban J connectivity index is 1.57. The van der Waals surface area contributed by atoms with E-state index in [0.717, 1.165) is 26.9 Å². The second-order valence-corrected chi connectivity index (χ2v) is 9.11. The van der Waals surface area contributed by atoms with Crippen LogP contribution >= 0.6 is 15.9 Å². The lowest BCUT2D eigenvalue weighted by Gasteiger charge is -2.22. The first kappa shape index (κ1) is 16.9. The van der Waals surface area contributed by atoms with Crippen molar-refractivity contribution in [2.45, 2.75) is 19.3 Å². The molecule has 5 aromatic rings. The van der Waals surface area contributed by atoms with Gasteiger partial charge in [-0.15, -0.1) is 10.2 Å². The molecular formula is C25H18BrN3. The number of benzene rings is 3. The summed E-state index contributed by atoms with van der Waals surface area (Å²) in [5.41, 5.74) is 7.24. The molecule has 0 amide bonds. The Kier molecular flexibility index (Phi) is 3.37. The van der Waals surface area contributed by atoms with E-state index >= 15 is 0 Å². The fourth-order valence-corrected chi connectivity index (χ4v) is 5.02. The van der Waals surface area contributed by atoms with Crippen LogP contribution in [0, 0.1) is 0 Å². The van der Waals surface area contributed by atoms with Gasteiger partial charge in [-0.3, -0.25) is 4.40 Å². The summed E-state index contributed by atoms with van der Waals surface area (Å²) in [5.74, 6) is 0.876. The average Bonchev–Trinajstić information content (AvgIpc) is 3.26. The molecule has 1 aliphatic carbocycles. The fraction of sp³-hybridized carbons (Fsp3) is 0.120. The van der Waals surface area contributed by atoms with Gasteiger partial charge in [0.1, 0.15) is 0 Å². The molecule has 0 saturated carbocycles. The van der Waals surface area contributed by atoms with Crippen LogP contribution in [0.15, 0.2) is 77.4 Å². The van der Waals surface area contributed by atoms with Crippen molar-refractivity contribution in [2.24, 2.45) is 0 Å². The first-order chi connectivity index (χ1) is 14.0. The van der Waals surface area contributed by atoms with Crippen molar-refractivity contribution in [3.8, 4) is 22.5 Å². The van der Waals surface area contributed by atoms with Crippen molar-refractivity contribution in [3.63, 3.8) is 0 Å². The SMILES string of the molecule is CC1(C)c2cc(Br)ccc2-c2ccc(-c3nnc4c5ccccc5ccn34)cc21. The zero-order valence-electron chi connectivity index (χ0n) is 16.1. The highest BCUT2D eigenvalue weighted by Gasteiger charge is 2.35. The van der Waals surface area contributed by atoms with Crippen LogP contribution in [0.3, 0.4) is 0 Å². The third-order valence-corrected chi connectivity index (χ3v) is 6.69. The smallest absolute Gasteiger partial charge is 0.168 e. The molecule has 1 aliphatic rings.